The van der Waals surface area contributed by atoms with Gasteiger partial charge in [-0.2, -0.15) is 0 Å². The van der Waals surface area contributed by atoms with Crippen LogP contribution < -0.4 is 0 Å². The van der Waals surface area contributed by atoms with E-state index in [1.54, 1.807) is 16.7 Å². The van der Waals surface area contributed by atoms with Gasteiger partial charge in [0.05, 0.1) is 5.69 Å². The molecular formula is C11H10BrFN2S. The molecule has 84 valence electrons. The molecule has 0 saturated heterocycles. The topological polar surface area (TPSA) is 20.7 Å². The number of halogens is 2. The molecule has 0 amide bonds. The molecule has 0 aliphatic heterocycles. The number of hydrogen-bond donors (Lipinski definition) is 1. The van der Waals surface area contributed by atoms with Gasteiger partial charge in [0, 0.05) is 16.4 Å². The second kappa shape index (κ2) is 4.51. The molecule has 0 aliphatic rings. The second-order valence-corrected chi connectivity index (χ2v) is 4.67. The van der Waals surface area contributed by atoms with E-state index in [1.165, 1.54) is 6.07 Å². The summed E-state index contributed by atoms with van der Waals surface area (Å²) in [6, 6.07) is 4.81. The number of rotatable bonds is 2. The summed E-state index contributed by atoms with van der Waals surface area (Å²) < 4.78 is 16.8. The highest BCUT2D eigenvalue weighted by Crippen LogP contribution is 2.21. The SMILES string of the molecule is CCc1c[nH]c(=S)n1-c1cc(Br)ccc1F. The number of benzene rings is 1. The molecule has 1 heterocycles. The Morgan fingerprint density at radius 2 is 2.25 bits per heavy atom. The van der Waals surface area contributed by atoms with E-state index in [1.807, 2.05) is 13.1 Å². The van der Waals surface area contributed by atoms with Gasteiger partial charge in [0.25, 0.3) is 0 Å². The molecule has 0 bridgehead atoms. The quantitative estimate of drug-likeness (QED) is 0.832. The molecule has 0 unspecified atom stereocenters. The van der Waals surface area contributed by atoms with Crippen molar-refractivity contribution >= 4 is 28.1 Å². The van der Waals surface area contributed by atoms with Gasteiger partial charge in [-0.3, -0.25) is 4.57 Å². The Bertz CT molecular complexity index is 574. The highest BCUT2D eigenvalue weighted by Gasteiger charge is 2.09. The molecule has 1 N–H and O–H groups in total. The lowest BCUT2D eigenvalue weighted by molar-refractivity contribution is 0.615. The normalized spacial score (nSPS) is 10.7. The van der Waals surface area contributed by atoms with Crippen molar-refractivity contribution in [1.29, 1.82) is 0 Å². The fraction of sp³-hybridized carbons (Fsp3) is 0.182. The van der Waals surface area contributed by atoms with Gasteiger partial charge in [0.1, 0.15) is 5.82 Å². The van der Waals surface area contributed by atoms with Crippen LogP contribution in [0.3, 0.4) is 0 Å². The highest BCUT2D eigenvalue weighted by atomic mass is 79.9. The lowest BCUT2D eigenvalue weighted by atomic mass is 10.3. The van der Waals surface area contributed by atoms with Crippen molar-refractivity contribution in [2.45, 2.75) is 13.3 Å². The van der Waals surface area contributed by atoms with Crippen LogP contribution in [0.25, 0.3) is 5.69 Å². The number of aryl methyl sites for hydroxylation is 1. The molecule has 2 nitrogen and oxygen atoms in total. The summed E-state index contributed by atoms with van der Waals surface area (Å²) >= 11 is 8.48. The minimum absolute atomic E-state index is 0.284. The molecule has 0 radical (unpaired) electrons. The maximum absolute atomic E-state index is 13.7. The number of imidazole rings is 1. The van der Waals surface area contributed by atoms with Gasteiger partial charge in [-0.1, -0.05) is 22.9 Å². The number of nitrogens with one attached hydrogen (secondary N) is 1. The predicted molar refractivity (Wildman–Crippen MR) is 68.0 cm³/mol. The van der Waals surface area contributed by atoms with E-state index in [4.69, 9.17) is 12.2 Å². The van der Waals surface area contributed by atoms with Gasteiger partial charge >= 0.3 is 0 Å². The Balaban J connectivity index is 2.71. The Labute approximate surface area is 106 Å². The van der Waals surface area contributed by atoms with Crippen LogP contribution in [0.1, 0.15) is 12.6 Å². The molecule has 0 atom stereocenters. The van der Waals surface area contributed by atoms with Gasteiger partial charge in [-0.15, -0.1) is 0 Å². The molecule has 0 aliphatic carbocycles. The van der Waals surface area contributed by atoms with E-state index in [9.17, 15) is 4.39 Å². The van der Waals surface area contributed by atoms with Gasteiger partial charge in [-0.25, -0.2) is 4.39 Å². The molecule has 1 aromatic carbocycles. The van der Waals surface area contributed by atoms with Crippen molar-refractivity contribution in [3.8, 4) is 5.69 Å². The predicted octanol–water partition coefficient (Wildman–Crippen LogP) is 4.00. The average Bonchev–Trinajstić information content (AvgIpc) is 2.63. The van der Waals surface area contributed by atoms with Crippen LogP contribution in [-0.4, -0.2) is 9.55 Å². The molecular weight excluding hydrogens is 291 g/mol. The molecule has 0 fully saturated rings. The van der Waals surface area contributed by atoms with Crippen molar-refractivity contribution in [2.24, 2.45) is 0 Å². The lowest BCUT2D eigenvalue weighted by Gasteiger charge is -2.08. The van der Waals surface area contributed by atoms with E-state index >= 15 is 0 Å². The molecule has 2 rings (SSSR count). The smallest absolute Gasteiger partial charge is 0.182 e. The number of aromatic amines is 1. The minimum Gasteiger partial charge on any atom is -0.337 e. The summed E-state index contributed by atoms with van der Waals surface area (Å²) in [5.74, 6) is -0.284. The molecule has 1 aromatic heterocycles. The summed E-state index contributed by atoms with van der Waals surface area (Å²) in [6.07, 6.45) is 2.60. The largest absolute Gasteiger partial charge is 0.337 e. The van der Waals surface area contributed by atoms with Gasteiger partial charge in [0.15, 0.2) is 4.77 Å². The lowest BCUT2D eigenvalue weighted by Crippen LogP contribution is -2.02. The highest BCUT2D eigenvalue weighted by molar-refractivity contribution is 9.10. The third kappa shape index (κ3) is 1.97. The Morgan fingerprint density at radius 1 is 1.50 bits per heavy atom. The minimum atomic E-state index is -0.284. The van der Waals surface area contributed by atoms with Crippen LogP contribution in [0.2, 0.25) is 0 Å². The fourth-order valence-corrected chi connectivity index (χ4v) is 2.21. The van der Waals surface area contributed by atoms with Crippen LogP contribution in [0.15, 0.2) is 28.9 Å². The molecule has 2 aromatic rings. The zero-order valence-electron chi connectivity index (χ0n) is 8.63. The summed E-state index contributed by atoms with van der Waals surface area (Å²) in [5.41, 5.74) is 1.43. The molecule has 0 saturated carbocycles. The third-order valence-corrected chi connectivity index (χ3v) is 3.16. The van der Waals surface area contributed by atoms with E-state index in [-0.39, 0.29) is 5.82 Å². The van der Waals surface area contributed by atoms with Crippen LogP contribution in [0.5, 0.6) is 0 Å². The summed E-state index contributed by atoms with van der Waals surface area (Å²) in [4.78, 5) is 2.93. The van der Waals surface area contributed by atoms with Crippen LogP contribution in [-0.2, 0) is 6.42 Å². The van der Waals surface area contributed by atoms with Crippen LogP contribution >= 0.6 is 28.1 Å². The second-order valence-electron chi connectivity index (χ2n) is 3.37. The number of H-pyrrole nitrogens is 1. The first kappa shape index (κ1) is 11.5. The first-order valence-electron chi connectivity index (χ1n) is 4.88. The zero-order chi connectivity index (χ0) is 11.7. The fourth-order valence-electron chi connectivity index (χ4n) is 1.59. The van der Waals surface area contributed by atoms with Gasteiger partial charge in [0.2, 0.25) is 0 Å². The molecule has 0 spiro atoms. The average molecular weight is 301 g/mol. The maximum atomic E-state index is 13.7. The van der Waals surface area contributed by atoms with Crippen LogP contribution in [0.4, 0.5) is 4.39 Å². The zero-order valence-corrected chi connectivity index (χ0v) is 11.0. The molecule has 5 heteroatoms. The first-order chi connectivity index (χ1) is 7.63. The summed E-state index contributed by atoms with van der Waals surface area (Å²) in [6.45, 7) is 2.00. The third-order valence-electron chi connectivity index (χ3n) is 2.36. The van der Waals surface area contributed by atoms with E-state index < -0.39 is 0 Å². The molecule has 16 heavy (non-hydrogen) atoms. The van der Waals surface area contributed by atoms with E-state index in [2.05, 4.69) is 20.9 Å². The summed E-state index contributed by atoms with van der Waals surface area (Å²) in [7, 11) is 0. The number of nitrogens with zero attached hydrogens (tertiary/aromatic N) is 1. The monoisotopic (exact) mass is 300 g/mol. The Morgan fingerprint density at radius 3 is 2.94 bits per heavy atom. The van der Waals surface area contributed by atoms with Crippen molar-refractivity contribution in [3.63, 3.8) is 0 Å². The van der Waals surface area contributed by atoms with Crippen molar-refractivity contribution in [2.75, 3.05) is 0 Å². The summed E-state index contributed by atoms with van der Waals surface area (Å²) in [5, 5.41) is 0. The van der Waals surface area contributed by atoms with Crippen LogP contribution in [0, 0.1) is 10.6 Å². The van der Waals surface area contributed by atoms with E-state index in [0.717, 1.165) is 16.6 Å². The van der Waals surface area contributed by atoms with Gasteiger partial charge in [-0.05, 0) is 36.8 Å². The van der Waals surface area contributed by atoms with Crippen molar-refractivity contribution in [1.82, 2.24) is 9.55 Å². The number of aromatic nitrogens is 2. The Kier molecular flexibility index (Phi) is 3.25. The van der Waals surface area contributed by atoms with Gasteiger partial charge < -0.3 is 4.98 Å². The van der Waals surface area contributed by atoms with E-state index in [0.29, 0.717) is 10.5 Å². The standard InChI is InChI=1S/C11H10BrFN2S/c1-2-8-6-14-11(16)15(8)10-5-7(12)3-4-9(10)13/h3-6H,2H2,1H3,(H,14,16). The maximum Gasteiger partial charge on any atom is 0.182 e. The first-order valence-corrected chi connectivity index (χ1v) is 6.08. The Hall–Kier alpha value is -0.940. The van der Waals surface area contributed by atoms with Crippen molar-refractivity contribution in [3.05, 3.63) is 45.2 Å². The number of hydrogen-bond acceptors (Lipinski definition) is 1. The van der Waals surface area contributed by atoms with Crippen molar-refractivity contribution < 1.29 is 4.39 Å².